The molecular weight excluding hydrogens is 316 g/mol. The smallest absolute Gasteiger partial charge is 0.219 e. The molecule has 1 saturated heterocycles. The van der Waals surface area contributed by atoms with Gasteiger partial charge in [-0.25, -0.2) is 0 Å². The average molecular weight is 346 g/mol. The van der Waals surface area contributed by atoms with Gasteiger partial charge in [0.05, 0.1) is 18.8 Å². The van der Waals surface area contributed by atoms with E-state index < -0.39 is 5.60 Å². The minimum atomic E-state index is -0.600. The lowest BCUT2D eigenvalue weighted by Gasteiger charge is -2.45. The van der Waals surface area contributed by atoms with Crippen molar-refractivity contribution in [3.63, 3.8) is 0 Å². The molecule has 25 heavy (non-hydrogen) atoms. The maximum absolute atomic E-state index is 11.9. The van der Waals surface area contributed by atoms with E-state index in [-0.39, 0.29) is 11.9 Å². The minimum Gasteiger partial charge on any atom is -0.496 e. The first-order valence-electron chi connectivity index (χ1n) is 9.37. The van der Waals surface area contributed by atoms with Gasteiger partial charge in [0.15, 0.2) is 0 Å². The van der Waals surface area contributed by atoms with Crippen LogP contribution in [0.4, 0.5) is 0 Å². The lowest BCUT2D eigenvalue weighted by atomic mass is 9.83. The Hall–Kier alpha value is -1.59. The number of para-hydroxylation sites is 1. The quantitative estimate of drug-likeness (QED) is 0.910. The molecule has 3 rings (SSSR count). The van der Waals surface area contributed by atoms with Crippen molar-refractivity contribution in [2.75, 3.05) is 33.3 Å². The normalized spacial score (nSPS) is 24.1. The second kappa shape index (κ2) is 7.75. The van der Waals surface area contributed by atoms with Crippen LogP contribution in [0.2, 0.25) is 0 Å². The van der Waals surface area contributed by atoms with Gasteiger partial charge in [-0.05, 0) is 18.9 Å². The number of piperazine rings is 1. The molecule has 1 aliphatic heterocycles. The van der Waals surface area contributed by atoms with Crippen molar-refractivity contribution in [1.82, 2.24) is 9.80 Å². The molecule has 1 aliphatic carbocycles. The van der Waals surface area contributed by atoms with E-state index in [0.717, 1.165) is 50.1 Å². The molecular formula is C20H30N2O3. The van der Waals surface area contributed by atoms with E-state index in [9.17, 15) is 9.90 Å². The summed E-state index contributed by atoms with van der Waals surface area (Å²) >= 11 is 0. The Bertz CT molecular complexity index is 598. The molecule has 138 valence electrons. The summed E-state index contributed by atoms with van der Waals surface area (Å²) in [4.78, 5) is 16.2. The topological polar surface area (TPSA) is 53.0 Å². The largest absolute Gasteiger partial charge is 0.496 e. The summed E-state index contributed by atoms with van der Waals surface area (Å²) in [6.45, 7) is 4.44. The summed E-state index contributed by atoms with van der Waals surface area (Å²) in [6.07, 6.45) is 5.17. The monoisotopic (exact) mass is 346 g/mol. The zero-order valence-corrected chi connectivity index (χ0v) is 15.4. The summed E-state index contributed by atoms with van der Waals surface area (Å²) in [5.41, 5.74) is 0.493. The highest BCUT2D eigenvalue weighted by Gasteiger charge is 2.37. The Morgan fingerprint density at radius 2 is 1.96 bits per heavy atom. The van der Waals surface area contributed by atoms with E-state index >= 15 is 0 Å². The molecule has 0 bridgehead atoms. The molecule has 1 atom stereocenters. The minimum absolute atomic E-state index is 0.0553. The lowest BCUT2D eigenvalue weighted by Crippen LogP contribution is -2.54. The number of hydrogen-bond acceptors (Lipinski definition) is 4. The second-order valence-electron chi connectivity index (χ2n) is 7.48. The predicted molar refractivity (Wildman–Crippen MR) is 97.6 cm³/mol. The highest BCUT2D eigenvalue weighted by atomic mass is 16.5. The van der Waals surface area contributed by atoms with Crippen molar-refractivity contribution in [3.05, 3.63) is 29.8 Å². The van der Waals surface area contributed by atoms with Crippen LogP contribution in [0, 0.1) is 0 Å². The molecule has 1 N–H and O–H groups in total. The molecule has 1 amide bonds. The fourth-order valence-corrected chi connectivity index (χ4v) is 4.28. The van der Waals surface area contributed by atoms with Gasteiger partial charge in [-0.15, -0.1) is 0 Å². The SMILES string of the molecule is COc1ccccc1C1CN(C(C)=O)CCN1CC1(O)CCCCC1. The fraction of sp³-hybridized carbons (Fsp3) is 0.650. The van der Waals surface area contributed by atoms with Crippen molar-refractivity contribution in [1.29, 1.82) is 0 Å². The molecule has 0 spiro atoms. The molecule has 2 fully saturated rings. The van der Waals surface area contributed by atoms with Gasteiger partial charge in [0.1, 0.15) is 5.75 Å². The zero-order chi connectivity index (χ0) is 17.9. The first-order valence-corrected chi connectivity index (χ1v) is 9.37. The van der Waals surface area contributed by atoms with Gasteiger partial charge in [-0.1, -0.05) is 37.5 Å². The van der Waals surface area contributed by atoms with E-state index in [2.05, 4.69) is 11.0 Å². The summed E-state index contributed by atoms with van der Waals surface area (Å²) in [5.74, 6) is 0.953. The third kappa shape index (κ3) is 4.15. The Morgan fingerprint density at radius 3 is 2.64 bits per heavy atom. The molecule has 2 aliphatic rings. The number of amides is 1. The molecule has 1 aromatic rings. The maximum Gasteiger partial charge on any atom is 0.219 e. The summed E-state index contributed by atoms with van der Waals surface area (Å²) in [7, 11) is 1.68. The van der Waals surface area contributed by atoms with E-state index in [0.29, 0.717) is 13.1 Å². The van der Waals surface area contributed by atoms with Crippen LogP contribution in [0.5, 0.6) is 5.75 Å². The van der Waals surface area contributed by atoms with Gasteiger partial charge in [0.2, 0.25) is 5.91 Å². The van der Waals surface area contributed by atoms with Gasteiger partial charge >= 0.3 is 0 Å². The molecule has 0 aromatic heterocycles. The third-order valence-corrected chi connectivity index (χ3v) is 5.72. The number of aliphatic hydroxyl groups is 1. The van der Waals surface area contributed by atoms with Crippen LogP contribution in [-0.4, -0.2) is 59.7 Å². The Balaban J connectivity index is 1.85. The van der Waals surface area contributed by atoms with Crippen LogP contribution in [-0.2, 0) is 4.79 Å². The summed E-state index contributed by atoms with van der Waals surface area (Å²) in [5, 5.41) is 11.0. The number of hydrogen-bond donors (Lipinski definition) is 1. The Labute approximate surface area is 150 Å². The summed E-state index contributed by atoms with van der Waals surface area (Å²) < 4.78 is 5.57. The van der Waals surface area contributed by atoms with Crippen molar-refractivity contribution in [2.24, 2.45) is 0 Å². The van der Waals surface area contributed by atoms with Crippen LogP contribution >= 0.6 is 0 Å². The van der Waals surface area contributed by atoms with Gasteiger partial charge in [-0.3, -0.25) is 9.69 Å². The average Bonchev–Trinajstić information content (AvgIpc) is 2.62. The van der Waals surface area contributed by atoms with E-state index in [1.165, 1.54) is 6.42 Å². The molecule has 1 aromatic carbocycles. The number of carbonyl (C=O) groups excluding carboxylic acids is 1. The molecule has 1 heterocycles. The van der Waals surface area contributed by atoms with Crippen molar-refractivity contribution in [2.45, 2.75) is 50.7 Å². The molecule has 5 nitrogen and oxygen atoms in total. The van der Waals surface area contributed by atoms with Gasteiger partial charge < -0.3 is 14.7 Å². The Morgan fingerprint density at radius 1 is 1.24 bits per heavy atom. The highest BCUT2D eigenvalue weighted by molar-refractivity contribution is 5.73. The van der Waals surface area contributed by atoms with E-state index in [1.54, 1.807) is 14.0 Å². The van der Waals surface area contributed by atoms with Gasteiger partial charge in [0, 0.05) is 38.7 Å². The molecule has 5 heteroatoms. The first kappa shape index (κ1) is 18.2. The number of nitrogens with zero attached hydrogens (tertiary/aromatic N) is 2. The predicted octanol–water partition coefficient (Wildman–Crippen LogP) is 2.60. The number of benzene rings is 1. The molecule has 1 unspecified atom stereocenters. The number of carbonyl (C=O) groups is 1. The van der Waals surface area contributed by atoms with Crippen LogP contribution < -0.4 is 4.74 Å². The van der Waals surface area contributed by atoms with Crippen molar-refractivity contribution in [3.8, 4) is 5.75 Å². The maximum atomic E-state index is 11.9. The molecule has 1 saturated carbocycles. The summed E-state index contributed by atoms with van der Waals surface area (Å²) in [6, 6.07) is 8.07. The third-order valence-electron chi connectivity index (χ3n) is 5.72. The lowest BCUT2D eigenvalue weighted by molar-refractivity contribution is -0.133. The number of ether oxygens (including phenoxy) is 1. The van der Waals surface area contributed by atoms with Crippen molar-refractivity contribution < 1.29 is 14.6 Å². The van der Waals surface area contributed by atoms with Crippen LogP contribution in [0.25, 0.3) is 0 Å². The number of rotatable bonds is 4. The zero-order valence-electron chi connectivity index (χ0n) is 15.4. The van der Waals surface area contributed by atoms with Gasteiger partial charge in [0.25, 0.3) is 0 Å². The Kier molecular flexibility index (Phi) is 5.64. The van der Waals surface area contributed by atoms with Gasteiger partial charge in [-0.2, -0.15) is 0 Å². The van der Waals surface area contributed by atoms with E-state index in [1.807, 2.05) is 23.1 Å². The molecule has 0 radical (unpaired) electrons. The van der Waals surface area contributed by atoms with Crippen molar-refractivity contribution >= 4 is 5.91 Å². The number of methoxy groups -OCH3 is 1. The van der Waals surface area contributed by atoms with E-state index in [4.69, 9.17) is 4.74 Å². The number of β-amino-alcohol motifs (C(OH)–C–C–N with tert-alkyl or cyclic N) is 1. The fourth-order valence-electron chi connectivity index (χ4n) is 4.28. The van der Waals surface area contributed by atoms with Crippen LogP contribution in [0.15, 0.2) is 24.3 Å². The second-order valence-corrected chi connectivity index (χ2v) is 7.48. The first-order chi connectivity index (χ1) is 12.0. The standard InChI is InChI=1S/C20H30N2O3/c1-16(23)21-12-13-22(15-20(24)10-6-3-7-11-20)18(14-21)17-8-4-5-9-19(17)25-2/h4-5,8-9,18,24H,3,6-7,10-15H2,1-2H3. The van der Waals surface area contributed by atoms with Crippen LogP contribution in [0.1, 0.15) is 50.6 Å². The highest BCUT2D eigenvalue weighted by Crippen LogP contribution is 2.36. The van der Waals surface area contributed by atoms with Crippen LogP contribution in [0.3, 0.4) is 0 Å².